The van der Waals surface area contributed by atoms with Gasteiger partial charge in [0.25, 0.3) is 5.91 Å². The maximum atomic E-state index is 12.8. The van der Waals surface area contributed by atoms with Gasteiger partial charge in [-0.2, -0.15) is 0 Å². The molecule has 0 saturated heterocycles. The third kappa shape index (κ3) is 3.88. The minimum absolute atomic E-state index is 0.0563. The lowest BCUT2D eigenvalue weighted by molar-refractivity contribution is 0.0671. The smallest absolute Gasteiger partial charge is 0.254 e. The maximum Gasteiger partial charge on any atom is 0.254 e. The molecule has 3 nitrogen and oxygen atoms in total. The van der Waals surface area contributed by atoms with Gasteiger partial charge in [-0.25, -0.2) is 0 Å². The van der Waals surface area contributed by atoms with Crippen molar-refractivity contribution in [3.63, 3.8) is 0 Å². The molecule has 22 heavy (non-hydrogen) atoms. The Morgan fingerprint density at radius 1 is 1.09 bits per heavy atom. The van der Waals surface area contributed by atoms with E-state index in [1.807, 2.05) is 47.4 Å². The number of methoxy groups -OCH3 is 1. The van der Waals surface area contributed by atoms with Crippen molar-refractivity contribution in [2.45, 2.75) is 32.9 Å². The van der Waals surface area contributed by atoms with Crippen LogP contribution in [0.25, 0.3) is 0 Å². The Balaban J connectivity index is 2.22. The van der Waals surface area contributed by atoms with E-state index < -0.39 is 0 Å². The van der Waals surface area contributed by atoms with Crippen LogP contribution in [0.1, 0.15) is 36.2 Å². The van der Waals surface area contributed by atoms with Crippen molar-refractivity contribution in [2.75, 3.05) is 7.11 Å². The molecule has 2 aromatic carbocycles. The molecule has 0 aromatic heterocycles. The molecule has 2 aromatic rings. The van der Waals surface area contributed by atoms with Gasteiger partial charge in [0.1, 0.15) is 5.75 Å². The Hall–Kier alpha value is -2.29. The summed E-state index contributed by atoms with van der Waals surface area (Å²) in [5.74, 6) is 0.815. The highest BCUT2D eigenvalue weighted by Gasteiger charge is 2.20. The fourth-order valence-electron chi connectivity index (χ4n) is 2.33. The number of nitrogens with zero attached hydrogens (tertiary/aromatic N) is 1. The van der Waals surface area contributed by atoms with E-state index in [4.69, 9.17) is 4.74 Å². The lowest BCUT2D eigenvalue weighted by atomic mass is 10.1. The molecule has 1 atom stereocenters. The van der Waals surface area contributed by atoms with Crippen molar-refractivity contribution in [3.05, 3.63) is 65.7 Å². The zero-order valence-electron chi connectivity index (χ0n) is 13.5. The minimum atomic E-state index is 0.0563. The molecule has 0 aliphatic carbocycles. The van der Waals surface area contributed by atoms with Crippen LogP contribution in [0.5, 0.6) is 5.75 Å². The molecule has 0 aliphatic heterocycles. The highest BCUT2D eigenvalue weighted by molar-refractivity contribution is 5.94. The van der Waals surface area contributed by atoms with Crippen LogP contribution in [0.2, 0.25) is 0 Å². The number of hydrogen-bond acceptors (Lipinski definition) is 2. The molecule has 116 valence electrons. The van der Waals surface area contributed by atoms with E-state index in [1.165, 1.54) is 0 Å². The summed E-state index contributed by atoms with van der Waals surface area (Å²) in [5, 5.41) is 0. The van der Waals surface area contributed by atoms with Crippen LogP contribution in [0.3, 0.4) is 0 Å². The Kier molecular flexibility index (Phi) is 5.59. The van der Waals surface area contributed by atoms with E-state index in [9.17, 15) is 4.79 Å². The number of amides is 1. The molecule has 0 fully saturated rings. The summed E-state index contributed by atoms with van der Waals surface area (Å²) < 4.78 is 5.15. The number of hydrogen-bond donors (Lipinski definition) is 0. The number of ether oxygens (including phenoxy) is 1. The summed E-state index contributed by atoms with van der Waals surface area (Å²) in [6, 6.07) is 17.6. The first-order valence-electron chi connectivity index (χ1n) is 7.64. The average molecular weight is 297 g/mol. The van der Waals surface area contributed by atoms with Gasteiger partial charge in [-0.15, -0.1) is 0 Å². The summed E-state index contributed by atoms with van der Waals surface area (Å²) in [7, 11) is 1.62. The summed E-state index contributed by atoms with van der Waals surface area (Å²) in [6.07, 6.45) is 0.925. The summed E-state index contributed by atoms with van der Waals surface area (Å²) >= 11 is 0. The molecule has 0 radical (unpaired) electrons. The molecule has 0 bridgehead atoms. The van der Waals surface area contributed by atoms with Gasteiger partial charge in [0.15, 0.2) is 0 Å². The number of rotatable bonds is 6. The van der Waals surface area contributed by atoms with E-state index in [0.717, 1.165) is 17.7 Å². The molecule has 0 spiro atoms. The number of carbonyl (C=O) groups excluding carboxylic acids is 1. The predicted octanol–water partition coefficient (Wildman–Crippen LogP) is 4.14. The topological polar surface area (TPSA) is 29.5 Å². The molecule has 2 rings (SSSR count). The van der Waals surface area contributed by atoms with Gasteiger partial charge in [0.2, 0.25) is 0 Å². The highest BCUT2D eigenvalue weighted by Crippen LogP contribution is 2.17. The third-order valence-corrected chi connectivity index (χ3v) is 3.92. The predicted molar refractivity (Wildman–Crippen MR) is 89.1 cm³/mol. The highest BCUT2D eigenvalue weighted by atomic mass is 16.5. The maximum absolute atomic E-state index is 12.8. The molecule has 0 saturated carbocycles. The summed E-state index contributed by atoms with van der Waals surface area (Å²) in [6.45, 7) is 4.81. The van der Waals surface area contributed by atoms with Crippen LogP contribution in [-0.2, 0) is 6.54 Å². The minimum Gasteiger partial charge on any atom is -0.497 e. The Bertz CT molecular complexity index is 593. The van der Waals surface area contributed by atoms with Gasteiger partial charge >= 0.3 is 0 Å². The number of carbonyl (C=O) groups is 1. The SMILES string of the molecule is CCC(C)N(Cc1ccccc1)C(=O)c1ccc(OC)cc1. The van der Waals surface area contributed by atoms with Gasteiger partial charge in [0, 0.05) is 18.2 Å². The van der Waals surface area contributed by atoms with Gasteiger partial charge in [-0.3, -0.25) is 4.79 Å². The molecular weight excluding hydrogens is 274 g/mol. The average Bonchev–Trinajstić information content (AvgIpc) is 2.59. The molecule has 0 N–H and O–H groups in total. The molecule has 1 unspecified atom stereocenters. The molecule has 1 amide bonds. The lowest BCUT2D eigenvalue weighted by Gasteiger charge is -2.29. The number of benzene rings is 2. The Labute approximate surface area is 132 Å². The summed E-state index contributed by atoms with van der Waals surface area (Å²) in [4.78, 5) is 14.8. The zero-order chi connectivity index (χ0) is 15.9. The Morgan fingerprint density at radius 2 is 1.73 bits per heavy atom. The van der Waals surface area contributed by atoms with E-state index in [0.29, 0.717) is 12.1 Å². The van der Waals surface area contributed by atoms with Crippen LogP contribution in [-0.4, -0.2) is 24.0 Å². The quantitative estimate of drug-likeness (QED) is 0.802. The fourth-order valence-corrected chi connectivity index (χ4v) is 2.33. The van der Waals surface area contributed by atoms with Crippen molar-refractivity contribution >= 4 is 5.91 Å². The third-order valence-electron chi connectivity index (χ3n) is 3.92. The van der Waals surface area contributed by atoms with Crippen molar-refractivity contribution in [1.82, 2.24) is 4.90 Å². The Morgan fingerprint density at radius 3 is 2.27 bits per heavy atom. The van der Waals surface area contributed by atoms with Crippen LogP contribution in [0, 0.1) is 0 Å². The second kappa shape index (κ2) is 7.64. The van der Waals surface area contributed by atoms with E-state index in [1.54, 1.807) is 7.11 Å². The van der Waals surface area contributed by atoms with Crippen LogP contribution < -0.4 is 4.74 Å². The van der Waals surface area contributed by atoms with Crippen molar-refractivity contribution in [1.29, 1.82) is 0 Å². The molecule has 0 heterocycles. The lowest BCUT2D eigenvalue weighted by Crippen LogP contribution is -2.37. The van der Waals surface area contributed by atoms with Gasteiger partial charge < -0.3 is 9.64 Å². The van der Waals surface area contributed by atoms with Crippen LogP contribution in [0.4, 0.5) is 0 Å². The molecular formula is C19H23NO2. The standard InChI is InChI=1S/C19H23NO2/c1-4-15(2)20(14-16-8-6-5-7-9-16)19(21)17-10-12-18(22-3)13-11-17/h5-13,15H,4,14H2,1-3H3. The van der Waals surface area contributed by atoms with Gasteiger partial charge in [0.05, 0.1) is 7.11 Å². The zero-order valence-corrected chi connectivity index (χ0v) is 13.5. The summed E-state index contributed by atoms with van der Waals surface area (Å²) in [5.41, 5.74) is 1.83. The molecule has 3 heteroatoms. The first kappa shape index (κ1) is 16.1. The second-order valence-electron chi connectivity index (χ2n) is 5.40. The van der Waals surface area contributed by atoms with Crippen molar-refractivity contribution < 1.29 is 9.53 Å². The first-order valence-corrected chi connectivity index (χ1v) is 7.64. The normalized spacial score (nSPS) is 11.8. The first-order chi connectivity index (χ1) is 10.7. The van der Waals surface area contributed by atoms with Crippen molar-refractivity contribution in [2.24, 2.45) is 0 Å². The monoisotopic (exact) mass is 297 g/mol. The van der Waals surface area contributed by atoms with E-state index in [-0.39, 0.29) is 11.9 Å². The van der Waals surface area contributed by atoms with Gasteiger partial charge in [-0.05, 0) is 43.2 Å². The second-order valence-corrected chi connectivity index (χ2v) is 5.40. The van der Waals surface area contributed by atoms with E-state index >= 15 is 0 Å². The van der Waals surface area contributed by atoms with Crippen LogP contribution in [0.15, 0.2) is 54.6 Å². The molecule has 0 aliphatic rings. The van der Waals surface area contributed by atoms with E-state index in [2.05, 4.69) is 26.0 Å². The van der Waals surface area contributed by atoms with Crippen molar-refractivity contribution in [3.8, 4) is 5.75 Å². The largest absolute Gasteiger partial charge is 0.497 e. The van der Waals surface area contributed by atoms with Crippen LogP contribution >= 0.6 is 0 Å². The van der Waals surface area contributed by atoms with Gasteiger partial charge in [-0.1, -0.05) is 37.3 Å². The fraction of sp³-hybridized carbons (Fsp3) is 0.316.